The van der Waals surface area contributed by atoms with Gasteiger partial charge >= 0.3 is 11.4 Å². The predicted octanol–water partition coefficient (Wildman–Crippen LogP) is 1.92. The fraction of sp³-hybridized carbons (Fsp3) is 0.231. The molecule has 1 aromatic heterocycles. The molecule has 0 aliphatic heterocycles. The first-order valence-corrected chi connectivity index (χ1v) is 5.35. The summed E-state index contributed by atoms with van der Waals surface area (Å²) >= 11 is 0. The van der Waals surface area contributed by atoms with Gasteiger partial charge in [0.2, 0.25) is 0 Å². The van der Waals surface area contributed by atoms with Gasteiger partial charge in [0.15, 0.2) is 0 Å². The molecule has 4 heteroatoms. The van der Waals surface area contributed by atoms with Crippen LogP contribution in [0.15, 0.2) is 49.9 Å². The lowest BCUT2D eigenvalue weighted by atomic mass is 10.2. The van der Waals surface area contributed by atoms with E-state index in [9.17, 15) is 9.59 Å². The summed E-state index contributed by atoms with van der Waals surface area (Å²) in [6.45, 7) is 4.31. The van der Waals surface area contributed by atoms with E-state index in [0.717, 1.165) is 5.57 Å². The molecule has 0 atom stereocenters. The molecule has 0 aliphatic rings. The van der Waals surface area contributed by atoms with Crippen molar-refractivity contribution in [3.05, 3.63) is 56.9 Å². The number of para-hydroxylation sites is 1. The molecule has 0 spiro atoms. The van der Waals surface area contributed by atoms with Crippen LogP contribution in [0.5, 0.6) is 0 Å². The topological polar surface area (TPSA) is 52.2 Å². The molecule has 88 valence electrons. The lowest BCUT2D eigenvalue weighted by Crippen LogP contribution is -2.24. The van der Waals surface area contributed by atoms with E-state index in [1.165, 1.54) is 4.57 Å². The van der Waals surface area contributed by atoms with Crippen molar-refractivity contribution in [2.24, 2.45) is 0 Å². The Morgan fingerprint density at radius 3 is 2.71 bits per heavy atom. The maximum Gasteiger partial charge on any atom is 0.422 e. The number of hydrogen-bond acceptors (Lipinski definition) is 3. The van der Waals surface area contributed by atoms with Gasteiger partial charge in [-0.05, 0) is 26.0 Å². The maximum absolute atomic E-state index is 11.6. The number of allylic oxidation sites excluding steroid dienone is 2. The molecule has 2 rings (SSSR count). The Kier molecular flexibility index (Phi) is 2.95. The number of fused-ring (bicyclic) bond motifs is 1. The number of nitrogens with zero attached hydrogens (tertiary/aromatic N) is 1. The van der Waals surface area contributed by atoms with Gasteiger partial charge in [0.05, 0.1) is 10.9 Å². The van der Waals surface area contributed by atoms with Crippen molar-refractivity contribution in [3.8, 4) is 0 Å². The van der Waals surface area contributed by atoms with E-state index >= 15 is 0 Å². The minimum Gasteiger partial charge on any atom is -0.372 e. The molecule has 0 radical (unpaired) electrons. The lowest BCUT2D eigenvalue weighted by Gasteiger charge is -2.05. The Labute approximate surface area is 97.8 Å². The third-order valence-electron chi connectivity index (χ3n) is 2.50. The Morgan fingerprint density at radius 2 is 2.00 bits per heavy atom. The van der Waals surface area contributed by atoms with Crippen molar-refractivity contribution in [2.45, 2.75) is 20.4 Å². The molecule has 17 heavy (non-hydrogen) atoms. The molecule has 1 heterocycles. The summed E-state index contributed by atoms with van der Waals surface area (Å²) in [6, 6.07) is 6.93. The van der Waals surface area contributed by atoms with E-state index in [4.69, 9.17) is 0 Å². The highest BCUT2D eigenvalue weighted by atomic mass is 16.4. The van der Waals surface area contributed by atoms with Crippen LogP contribution in [0.2, 0.25) is 0 Å². The third-order valence-corrected chi connectivity index (χ3v) is 2.50. The average molecular weight is 231 g/mol. The van der Waals surface area contributed by atoms with Gasteiger partial charge in [0, 0.05) is 6.54 Å². The van der Waals surface area contributed by atoms with Crippen LogP contribution >= 0.6 is 0 Å². The summed E-state index contributed by atoms with van der Waals surface area (Å²) in [4.78, 5) is 23.1. The second-order valence-corrected chi connectivity index (χ2v) is 4.06. The first-order valence-electron chi connectivity index (χ1n) is 5.35. The van der Waals surface area contributed by atoms with Crippen LogP contribution < -0.4 is 11.4 Å². The SMILES string of the molecule is CC(C)=CCn1c(=O)oc(=O)c2ccccc21. The second-order valence-electron chi connectivity index (χ2n) is 4.06. The molecule has 2 aromatic rings. The number of aromatic nitrogens is 1. The fourth-order valence-corrected chi connectivity index (χ4v) is 1.62. The molecule has 0 unspecified atom stereocenters. The second kappa shape index (κ2) is 4.41. The van der Waals surface area contributed by atoms with E-state index in [1.807, 2.05) is 19.9 Å². The molecule has 1 aromatic carbocycles. The van der Waals surface area contributed by atoms with Crippen LogP contribution in [0, 0.1) is 0 Å². The Bertz CT molecular complexity index is 688. The number of benzene rings is 1. The van der Waals surface area contributed by atoms with Crippen molar-refractivity contribution in [3.63, 3.8) is 0 Å². The van der Waals surface area contributed by atoms with E-state index < -0.39 is 11.4 Å². The van der Waals surface area contributed by atoms with Crippen LogP contribution in [0.3, 0.4) is 0 Å². The summed E-state index contributed by atoms with van der Waals surface area (Å²) in [5.41, 5.74) is 1.12. The molecule has 0 saturated carbocycles. The highest BCUT2D eigenvalue weighted by Crippen LogP contribution is 2.07. The van der Waals surface area contributed by atoms with E-state index in [1.54, 1.807) is 24.3 Å². The van der Waals surface area contributed by atoms with Crippen LogP contribution in [-0.4, -0.2) is 4.57 Å². The largest absolute Gasteiger partial charge is 0.422 e. The molecular weight excluding hydrogens is 218 g/mol. The van der Waals surface area contributed by atoms with Gasteiger partial charge in [0.25, 0.3) is 0 Å². The van der Waals surface area contributed by atoms with E-state index in [2.05, 4.69) is 4.42 Å². The highest BCUT2D eigenvalue weighted by molar-refractivity contribution is 5.77. The summed E-state index contributed by atoms with van der Waals surface area (Å²) < 4.78 is 6.12. The summed E-state index contributed by atoms with van der Waals surface area (Å²) in [5, 5.41) is 0.425. The van der Waals surface area contributed by atoms with Crippen LogP contribution in [0.1, 0.15) is 13.8 Å². The maximum atomic E-state index is 11.6. The Morgan fingerprint density at radius 1 is 1.29 bits per heavy atom. The van der Waals surface area contributed by atoms with Gasteiger partial charge in [-0.25, -0.2) is 9.59 Å². The molecule has 0 fully saturated rings. The van der Waals surface area contributed by atoms with E-state index in [0.29, 0.717) is 17.4 Å². The Hall–Kier alpha value is -2.10. The molecular formula is C13H13NO3. The first-order chi connectivity index (χ1) is 8.09. The fourth-order valence-electron chi connectivity index (χ4n) is 1.62. The number of hydrogen-bond donors (Lipinski definition) is 0. The monoisotopic (exact) mass is 231 g/mol. The standard InChI is InChI=1S/C13H13NO3/c1-9(2)7-8-14-11-6-4-3-5-10(11)12(15)17-13(14)16/h3-7H,8H2,1-2H3. The van der Waals surface area contributed by atoms with Crippen LogP contribution in [-0.2, 0) is 6.54 Å². The molecule has 4 nitrogen and oxygen atoms in total. The van der Waals surface area contributed by atoms with Crippen molar-refractivity contribution in [2.75, 3.05) is 0 Å². The quantitative estimate of drug-likeness (QED) is 0.742. The zero-order valence-electron chi connectivity index (χ0n) is 9.77. The zero-order chi connectivity index (χ0) is 12.4. The van der Waals surface area contributed by atoms with Crippen LogP contribution in [0.4, 0.5) is 0 Å². The number of rotatable bonds is 2. The van der Waals surface area contributed by atoms with Crippen LogP contribution in [0.25, 0.3) is 10.9 Å². The molecule has 0 N–H and O–H groups in total. The normalized spacial score (nSPS) is 10.5. The summed E-state index contributed by atoms with van der Waals surface area (Å²) in [6.07, 6.45) is 1.91. The van der Waals surface area contributed by atoms with E-state index in [-0.39, 0.29) is 0 Å². The van der Waals surface area contributed by atoms with Gasteiger partial charge in [-0.15, -0.1) is 0 Å². The first kappa shape index (κ1) is 11.4. The van der Waals surface area contributed by atoms with Gasteiger partial charge in [-0.3, -0.25) is 4.57 Å². The predicted molar refractivity (Wildman–Crippen MR) is 66.2 cm³/mol. The minimum absolute atomic E-state index is 0.408. The molecule has 0 amide bonds. The smallest absolute Gasteiger partial charge is 0.372 e. The van der Waals surface area contributed by atoms with Gasteiger partial charge in [-0.2, -0.15) is 0 Å². The molecule has 0 saturated heterocycles. The Balaban J connectivity index is 2.74. The molecule has 0 aliphatic carbocycles. The van der Waals surface area contributed by atoms with Gasteiger partial charge in [0.1, 0.15) is 0 Å². The highest BCUT2D eigenvalue weighted by Gasteiger charge is 2.07. The van der Waals surface area contributed by atoms with Crippen molar-refractivity contribution in [1.82, 2.24) is 4.57 Å². The zero-order valence-corrected chi connectivity index (χ0v) is 9.77. The molecule has 0 bridgehead atoms. The lowest BCUT2D eigenvalue weighted by molar-refractivity contribution is 0.426. The summed E-state index contributed by atoms with van der Waals surface area (Å²) in [5.74, 6) is -0.619. The van der Waals surface area contributed by atoms with Gasteiger partial charge in [-0.1, -0.05) is 23.8 Å². The summed E-state index contributed by atoms with van der Waals surface area (Å²) in [7, 11) is 0. The van der Waals surface area contributed by atoms with Crippen molar-refractivity contribution < 1.29 is 4.42 Å². The average Bonchev–Trinajstić information content (AvgIpc) is 2.28. The third kappa shape index (κ3) is 2.20. The van der Waals surface area contributed by atoms with Gasteiger partial charge < -0.3 is 4.42 Å². The van der Waals surface area contributed by atoms with Crippen molar-refractivity contribution >= 4 is 10.9 Å². The minimum atomic E-state index is -0.619. The van der Waals surface area contributed by atoms with Crippen molar-refractivity contribution in [1.29, 1.82) is 0 Å².